The van der Waals surface area contributed by atoms with Crippen molar-refractivity contribution in [3.8, 4) is 0 Å². The van der Waals surface area contributed by atoms with Gasteiger partial charge in [-0.1, -0.05) is 30.3 Å². The van der Waals surface area contributed by atoms with E-state index in [1.807, 2.05) is 19.9 Å². The number of fused-ring (bicyclic) bond motifs is 1. The largest absolute Gasteiger partial charge is 0.467 e. The number of methoxy groups -OCH3 is 1. The molecule has 0 spiro atoms. The fourth-order valence-corrected chi connectivity index (χ4v) is 3.10. The number of aromatic amines is 1. The van der Waals surface area contributed by atoms with Crippen molar-refractivity contribution < 1.29 is 19.1 Å². The number of ether oxygens (including phenoxy) is 2. The Morgan fingerprint density at radius 1 is 1.32 bits per heavy atom. The van der Waals surface area contributed by atoms with Crippen LogP contribution in [0.3, 0.4) is 0 Å². The SMILES string of the molecule is COC(=O)C(NC(=O)c1n[nH]c2c1C[C@H](C)O[C@@H]2C)c1ccccc1. The molecule has 1 aliphatic heterocycles. The van der Waals surface area contributed by atoms with Gasteiger partial charge in [-0.25, -0.2) is 4.79 Å². The number of carbonyl (C=O) groups excluding carboxylic acids is 2. The smallest absolute Gasteiger partial charge is 0.333 e. The summed E-state index contributed by atoms with van der Waals surface area (Å²) in [4.78, 5) is 24.9. The molecule has 0 bridgehead atoms. The van der Waals surface area contributed by atoms with Gasteiger partial charge in [0.1, 0.15) is 0 Å². The third-order valence-corrected chi connectivity index (χ3v) is 4.29. The number of carbonyl (C=O) groups is 2. The van der Waals surface area contributed by atoms with Crippen molar-refractivity contribution >= 4 is 11.9 Å². The zero-order valence-corrected chi connectivity index (χ0v) is 14.4. The van der Waals surface area contributed by atoms with Crippen LogP contribution in [0.1, 0.15) is 53.3 Å². The molecule has 2 heterocycles. The highest BCUT2D eigenvalue weighted by Crippen LogP contribution is 2.30. The molecule has 2 N–H and O–H groups in total. The summed E-state index contributed by atoms with van der Waals surface area (Å²) in [6.07, 6.45) is 0.433. The highest BCUT2D eigenvalue weighted by Gasteiger charge is 2.31. The molecule has 3 atom stereocenters. The van der Waals surface area contributed by atoms with E-state index in [9.17, 15) is 9.59 Å². The van der Waals surface area contributed by atoms with Gasteiger partial charge in [-0.2, -0.15) is 5.10 Å². The second-order valence-electron chi connectivity index (χ2n) is 6.10. The lowest BCUT2D eigenvalue weighted by Gasteiger charge is -2.25. The van der Waals surface area contributed by atoms with Crippen LogP contribution in [0.15, 0.2) is 30.3 Å². The number of hydrogen-bond donors (Lipinski definition) is 2. The highest BCUT2D eigenvalue weighted by molar-refractivity contribution is 5.97. The van der Waals surface area contributed by atoms with Crippen LogP contribution in [0.4, 0.5) is 0 Å². The third-order valence-electron chi connectivity index (χ3n) is 4.29. The molecule has 0 saturated carbocycles. The molecule has 0 fully saturated rings. The van der Waals surface area contributed by atoms with Gasteiger partial charge in [0, 0.05) is 12.0 Å². The summed E-state index contributed by atoms with van der Waals surface area (Å²) >= 11 is 0. The monoisotopic (exact) mass is 343 g/mol. The van der Waals surface area contributed by atoms with Crippen LogP contribution in [0.5, 0.6) is 0 Å². The van der Waals surface area contributed by atoms with Crippen LogP contribution in [0, 0.1) is 0 Å². The lowest BCUT2D eigenvalue weighted by molar-refractivity contribution is -0.143. The quantitative estimate of drug-likeness (QED) is 0.829. The molecule has 1 aromatic heterocycles. The van der Waals surface area contributed by atoms with E-state index < -0.39 is 17.9 Å². The number of hydrogen-bond acceptors (Lipinski definition) is 5. The lowest BCUT2D eigenvalue weighted by atomic mass is 9.99. The maximum Gasteiger partial charge on any atom is 0.333 e. The Kier molecular flexibility index (Phi) is 4.85. The van der Waals surface area contributed by atoms with Crippen molar-refractivity contribution in [1.82, 2.24) is 15.5 Å². The first kappa shape index (κ1) is 17.2. The summed E-state index contributed by atoms with van der Waals surface area (Å²) < 4.78 is 10.6. The maximum absolute atomic E-state index is 12.8. The summed E-state index contributed by atoms with van der Waals surface area (Å²) in [6.45, 7) is 3.87. The van der Waals surface area contributed by atoms with Gasteiger partial charge in [-0.15, -0.1) is 0 Å². The first-order valence-electron chi connectivity index (χ1n) is 8.17. The second-order valence-corrected chi connectivity index (χ2v) is 6.10. The molecule has 0 saturated heterocycles. The van der Waals surface area contributed by atoms with E-state index in [1.54, 1.807) is 24.3 Å². The Bertz CT molecular complexity index is 772. The van der Waals surface area contributed by atoms with Crippen molar-refractivity contribution in [2.24, 2.45) is 0 Å². The summed E-state index contributed by atoms with van der Waals surface area (Å²) in [6, 6.07) is 8.08. The molecular weight excluding hydrogens is 322 g/mol. The van der Waals surface area contributed by atoms with Gasteiger partial charge in [0.05, 0.1) is 25.0 Å². The van der Waals surface area contributed by atoms with Gasteiger partial charge >= 0.3 is 5.97 Å². The van der Waals surface area contributed by atoms with Crippen LogP contribution < -0.4 is 5.32 Å². The second kappa shape index (κ2) is 7.06. The van der Waals surface area contributed by atoms with Crippen molar-refractivity contribution in [3.63, 3.8) is 0 Å². The molecule has 1 aliphatic rings. The minimum absolute atomic E-state index is 0.00261. The summed E-state index contributed by atoms with van der Waals surface area (Å²) in [5, 5.41) is 9.76. The molecule has 0 aliphatic carbocycles. The third kappa shape index (κ3) is 3.41. The van der Waals surface area contributed by atoms with E-state index in [2.05, 4.69) is 15.5 Å². The Morgan fingerprint density at radius 3 is 2.72 bits per heavy atom. The number of aromatic nitrogens is 2. The van der Waals surface area contributed by atoms with Gasteiger partial charge in [-0.05, 0) is 19.4 Å². The first-order valence-corrected chi connectivity index (χ1v) is 8.17. The Morgan fingerprint density at radius 2 is 2.04 bits per heavy atom. The molecule has 1 unspecified atom stereocenters. The summed E-state index contributed by atoms with van der Waals surface area (Å²) in [5.74, 6) is -0.952. The number of rotatable bonds is 4. The van der Waals surface area contributed by atoms with E-state index >= 15 is 0 Å². The first-order chi connectivity index (χ1) is 12.0. The normalized spacial score (nSPS) is 20.4. The average Bonchev–Trinajstić information content (AvgIpc) is 3.03. The Labute approximate surface area is 145 Å². The molecule has 2 aromatic rings. The number of H-pyrrole nitrogens is 1. The van der Waals surface area contributed by atoms with E-state index in [4.69, 9.17) is 9.47 Å². The van der Waals surface area contributed by atoms with Gasteiger partial charge in [-0.3, -0.25) is 9.89 Å². The van der Waals surface area contributed by atoms with Gasteiger partial charge < -0.3 is 14.8 Å². The summed E-state index contributed by atoms with van der Waals surface area (Å²) in [7, 11) is 1.29. The van der Waals surface area contributed by atoms with Crippen LogP contribution in [0.25, 0.3) is 0 Å². The molecule has 0 radical (unpaired) electrons. The zero-order valence-electron chi connectivity index (χ0n) is 14.4. The number of nitrogens with zero attached hydrogens (tertiary/aromatic N) is 1. The van der Waals surface area contributed by atoms with E-state index in [0.29, 0.717) is 17.7 Å². The van der Waals surface area contributed by atoms with E-state index in [1.165, 1.54) is 7.11 Å². The van der Waals surface area contributed by atoms with E-state index in [-0.39, 0.29) is 12.2 Å². The van der Waals surface area contributed by atoms with Crippen LogP contribution in [0.2, 0.25) is 0 Å². The minimum atomic E-state index is -0.888. The molecule has 1 aromatic carbocycles. The molecule has 3 rings (SSSR count). The number of nitrogens with one attached hydrogen (secondary N) is 2. The molecule has 25 heavy (non-hydrogen) atoms. The standard InChI is InChI=1S/C18H21N3O4/c1-10-9-13-14(11(2)25-10)20-21-16(13)17(22)19-15(18(23)24-3)12-7-5-4-6-8-12/h4-8,10-11,15H,9H2,1-3H3,(H,19,22)(H,20,21)/t10-,11+,15?/m0/s1. The highest BCUT2D eigenvalue weighted by atomic mass is 16.5. The van der Waals surface area contributed by atoms with Crippen molar-refractivity contribution in [1.29, 1.82) is 0 Å². The average molecular weight is 343 g/mol. The molecule has 7 heteroatoms. The number of benzene rings is 1. The summed E-state index contributed by atoms with van der Waals surface area (Å²) in [5.41, 5.74) is 2.58. The minimum Gasteiger partial charge on any atom is -0.467 e. The van der Waals surface area contributed by atoms with Gasteiger partial charge in [0.25, 0.3) is 5.91 Å². The Balaban J connectivity index is 1.87. The molecule has 1 amide bonds. The fraction of sp³-hybridized carbons (Fsp3) is 0.389. The van der Waals surface area contributed by atoms with Gasteiger partial charge in [0.15, 0.2) is 11.7 Å². The van der Waals surface area contributed by atoms with Crippen molar-refractivity contribution in [3.05, 3.63) is 52.8 Å². The molecule has 132 valence electrons. The number of esters is 1. The van der Waals surface area contributed by atoms with Gasteiger partial charge in [0.2, 0.25) is 0 Å². The predicted molar refractivity (Wildman–Crippen MR) is 89.9 cm³/mol. The topological polar surface area (TPSA) is 93.3 Å². The van der Waals surface area contributed by atoms with E-state index in [0.717, 1.165) is 11.3 Å². The van der Waals surface area contributed by atoms with Crippen molar-refractivity contribution in [2.45, 2.75) is 38.5 Å². The Hall–Kier alpha value is -2.67. The number of amides is 1. The lowest BCUT2D eigenvalue weighted by Crippen LogP contribution is -2.35. The van der Waals surface area contributed by atoms with Crippen LogP contribution in [-0.2, 0) is 20.7 Å². The fourth-order valence-electron chi connectivity index (χ4n) is 3.10. The predicted octanol–water partition coefficient (Wildman–Crippen LogP) is 2.08. The van der Waals surface area contributed by atoms with Crippen molar-refractivity contribution in [2.75, 3.05) is 7.11 Å². The molecule has 7 nitrogen and oxygen atoms in total. The van der Waals surface area contributed by atoms with Crippen LogP contribution in [-0.4, -0.2) is 35.3 Å². The molecular formula is C18H21N3O4. The zero-order chi connectivity index (χ0) is 18.0. The maximum atomic E-state index is 12.8. The van der Waals surface area contributed by atoms with Crippen LogP contribution >= 0.6 is 0 Å².